The Kier molecular flexibility index (Phi) is 6.24. The van der Waals surface area contributed by atoms with Gasteiger partial charge in [0.25, 0.3) is 0 Å². The van der Waals surface area contributed by atoms with E-state index in [4.69, 9.17) is 0 Å². The van der Waals surface area contributed by atoms with E-state index >= 15 is 0 Å². The molecule has 0 heterocycles. The molecule has 0 radical (unpaired) electrons. The van der Waals surface area contributed by atoms with E-state index in [1.165, 1.54) is 0 Å². The maximum atomic E-state index is 13.1. The molecule has 3 nitrogen and oxygen atoms in total. The maximum Gasteiger partial charge on any atom is 0.229 e. The second kappa shape index (κ2) is 8.19. The first-order valence-electron chi connectivity index (χ1n) is 9.01. The van der Waals surface area contributed by atoms with E-state index in [2.05, 4.69) is 20.8 Å². The van der Waals surface area contributed by atoms with E-state index in [0.29, 0.717) is 6.54 Å². The minimum absolute atomic E-state index is 0.000763. The molecule has 0 saturated heterocycles. The molecule has 2 rings (SSSR count). The molecule has 2 aromatic carbocycles. The topological polar surface area (TPSA) is 40.5 Å². The molecule has 1 unspecified atom stereocenters. The third-order valence-electron chi connectivity index (χ3n) is 4.68. The van der Waals surface area contributed by atoms with Gasteiger partial charge < -0.3 is 10.0 Å². The molecule has 0 spiro atoms. The third-order valence-corrected chi connectivity index (χ3v) is 4.68. The Morgan fingerprint density at radius 3 is 2.24 bits per heavy atom. The van der Waals surface area contributed by atoms with Crippen molar-refractivity contribution in [3.05, 3.63) is 60.2 Å². The highest BCUT2D eigenvalue weighted by Gasteiger charge is 2.29. The van der Waals surface area contributed by atoms with Crippen molar-refractivity contribution >= 4 is 11.6 Å². The quantitative estimate of drug-likeness (QED) is 0.759. The Balaban J connectivity index is 2.32. The third kappa shape index (κ3) is 4.85. The van der Waals surface area contributed by atoms with E-state index in [1.54, 1.807) is 12.1 Å². The van der Waals surface area contributed by atoms with Crippen molar-refractivity contribution in [2.24, 2.45) is 5.92 Å². The first kappa shape index (κ1) is 19.0. The predicted octanol–water partition coefficient (Wildman–Crippen LogP) is 5.14. The fourth-order valence-electron chi connectivity index (χ4n) is 3.13. The van der Waals surface area contributed by atoms with Crippen LogP contribution in [0.15, 0.2) is 54.6 Å². The lowest BCUT2D eigenvalue weighted by Crippen LogP contribution is -2.43. The standard InChI is InChI=1S/C22H29NO2/c1-5-9-17(2)21(25)23(19-10-7-6-8-11-19)16-22(3,4)18-12-14-20(24)15-13-18/h6-8,10-15,17,24H,5,9,16H2,1-4H3. The smallest absolute Gasteiger partial charge is 0.229 e. The molecule has 0 bridgehead atoms. The largest absolute Gasteiger partial charge is 0.508 e. The molecule has 134 valence electrons. The van der Waals surface area contributed by atoms with Gasteiger partial charge in [-0.05, 0) is 36.2 Å². The summed E-state index contributed by atoms with van der Waals surface area (Å²) >= 11 is 0. The summed E-state index contributed by atoms with van der Waals surface area (Å²) in [5, 5.41) is 9.54. The second-order valence-electron chi connectivity index (χ2n) is 7.38. The van der Waals surface area contributed by atoms with Gasteiger partial charge in [-0.15, -0.1) is 0 Å². The number of phenolic OH excluding ortho intramolecular Hbond substituents is 1. The first-order valence-corrected chi connectivity index (χ1v) is 9.01. The number of amides is 1. The van der Waals surface area contributed by atoms with Crippen LogP contribution in [0.5, 0.6) is 5.75 Å². The van der Waals surface area contributed by atoms with Gasteiger partial charge in [-0.25, -0.2) is 0 Å². The zero-order valence-corrected chi connectivity index (χ0v) is 15.7. The van der Waals surface area contributed by atoms with E-state index in [-0.39, 0.29) is 23.0 Å². The van der Waals surface area contributed by atoms with E-state index in [0.717, 1.165) is 24.1 Å². The molecule has 0 aromatic heterocycles. The summed E-state index contributed by atoms with van der Waals surface area (Å²) in [4.78, 5) is 15.0. The van der Waals surface area contributed by atoms with Crippen molar-refractivity contribution in [2.45, 2.75) is 46.0 Å². The Hall–Kier alpha value is -2.29. The van der Waals surface area contributed by atoms with Gasteiger partial charge >= 0.3 is 0 Å². The number of carbonyl (C=O) groups excluding carboxylic acids is 1. The molecular formula is C22H29NO2. The minimum atomic E-state index is -0.231. The highest BCUT2D eigenvalue weighted by atomic mass is 16.3. The average Bonchev–Trinajstić information content (AvgIpc) is 2.60. The van der Waals surface area contributed by atoms with Crippen LogP contribution in [-0.4, -0.2) is 17.6 Å². The summed E-state index contributed by atoms with van der Waals surface area (Å²) in [5.74, 6) is 0.424. The summed E-state index contributed by atoms with van der Waals surface area (Å²) in [5.41, 5.74) is 1.80. The molecule has 0 aliphatic carbocycles. The number of benzene rings is 2. The predicted molar refractivity (Wildman–Crippen MR) is 104 cm³/mol. The Labute approximate surface area is 151 Å². The number of aromatic hydroxyl groups is 1. The summed E-state index contributed by atoms with van der Waals surface area (Å²) in [6.45, 7) is 8.97. The van der Waals surface area contributed by atoms with Crippen LogP contribution in [0.2, 0.25) is 0 Å². The van der Waals surface area contributed by atoms with Gasteiger partial charge in [0, 0.05) is 23.6 Å². The highest BCUT2D eigenvalue weighted by molar-refractivity contribution is 5.95. The molecule has 0 fully saturated rings. The lowest BCUT2D eigenvalue weighted by Gasteiger charge is -2.35. The van der Waals surface area contributed by atoms with Crippen LogP contribution in [0, 0.1) is 5.92 Å². The summed E-state index contributed by atoms with van der Waals surface area (Å²) in [6.07, 6.45) is 1.89. The Morgan fingerprint density at radius 2 is 1.68 bits per heavy atom. The van der Waals surface area contributed by atoms with Crippen LogP contribution in [-0.2, 0) is 10.2 Å². The van der Waals surface area contributed by atoms with E-state index in [9.17, 15) is 9.90 Å². The molecular weight excluding hydrogens is 310 g/mol. The summed E-state index contributed by atoms with van der Waals surface area (Å²) in [7, 11) is 0. The van der Waals surface area contributed by atoms with Gasteiger partial charge in [0.05, 0.1) is 0 Å². The van der Waals surface area contributed by atoms with Crippen LogP contribution >= 0.6 is 0 Å². The summed E-state index contributed by atoms with van der Waals surface area (Å²) < 4.78 is 0. The van der Waals surface area contributed by atoms with Gasteiger partial charge in [0.15, 0.2) is 0 Å². The molecule has 1 N–H and O–H groups in total. The van der Waals surface area contributed by atoms with Crippen molar-refractivity contribution in [1.82, 2.24) is 0 Å². The lowest BCUT2D eigenvalue weighted by atomic mass is 9.83. The van der Waals surface area contributed by atoms with Crippen molar-refractivity contribution in [3.8, 4) is 5.75 Å². The number of para-hydroxylation sites is 1. The zero-order chi connectivity index (χ0) is 18.4. The van der Waals surface area contributed by atoms with E-state index < -0.39 is 0 Å². The minimum Gasteiger partial charge on any atom is -0.508 e. The molecule has 25 heavy (non-hydrogen) atoms. The number of phenols is 1. The highest BCUT2D eigenvalue weighted by Crippen LogP contribution is 2.29. The zero-order valence-electron chi connectivity index (χ0n) is 15.7. The lowest BCUT2D eigenvalue weighted by molar-refractivity contribution is -0.122. The fourth-order valence-corrected chi connectivity index (χ4v) is 3.13. The van der Waals surface area contributed by atoms with Gasteiger partial charge in [-0.2, -0.15) is 0 Å². The Bertz CT molecular complexity index is 677. The second-order valence-corrected chi connectivity index (χ2v) is 7.38. The molecule has 0 aliphatic heterocycles. The molecule has 3 heteroatoms. The summed E-state index contributed by atoms with van der Waals surface area (Å²) in [6, 6.07) is 17.1. The number of hydrogen-bond donors (Lipinski definition) is 1. The van der Waals surface area contributed by atoms with Crippen molar-refractivity contribution in [3.63, 3.8) is 0 Å². The van der Waals surface area contributed by atoms with Crippen LogP contribution in [0.25, 0.3) is 0 Å². The monoisotopic (exact) mass is 339 g/mol. The SMILES string of the molecule is CCCC(C)C(=O)N(CC(C)(C)c1ccc(O)cc1)c1ccccc1. The molecule has 0 saturated carbocycles. The van der Waals surface area contributed by atoms with Crippen LogP contribution in [0.4, 0.5) is 5.69 Å². The number of nitrogens with zero attached hydrogens (tertiary/aromatic N) is 1. The number of rotatable bonds is 7. The first-order chi connectivity index (χ1) is 11.8. The normalized spacial score (nSPS) is 12.6. The maximum absolute atomic E-state index is 13.1. The molecule has 0 aliphatic rings. The van der Waals surface area contributed by atoms with Crippen LogP contribution in [0.3, 0.4) is 0 Å². The van der Waals surface area contributed by atoms with Gasteiger partial charge in [-0.1, -0.05) is 64.4 Å². The molecule has 1 atom stereocenters. The Morgan fingerprint density at radius 1 is 1.08 bits per heavy atom. The fraction of sp³-hybridized carbons (Fsp3) is 0.409. The van der Waals surface area contributed by atoms with Gasteiger partial charge in [-0.3, -0.25) is 4.79 Å². The van der Waals surface area contributed by atoms with Crippen LogP contribution in [0.1, 0.15) is 46.1 Å². The molecule has 1 amide bonds. The number of hydrogen-bond acceptors (Lipinski definition) is 2. The van der Waals surface area contributed by atoms with Gasteiger partial charge in [0.1, 0.15) is 5.75 Å². The average molecular weight is 339 g/mol. The molecule has 2 aromatic rings. The van der Waals surface area contributed by atoms with Crippen molar-refractivity contribution < 1.29 is 9.90 Å². The van der Waals surface area contributed by atoms with E-state index in [1.807, 2.05) is 54.3 Å². The van der Waals surface area contributed by atoms with Crippen molar-refractivity contribution in [2.75, 3.05) is 11.4 Å². The van der Waals surface area contributed by atoms with Crippen molar-refractivity contribution in [1.29, 1.82) is 0 Å². The number of carbonyl (C=O) groups is 1. The van der Waals surface area contributed by atoms with Crippen LogP contribution < -0.4 is 4.90 Å². The number of anilines is 1. The van der Waals surface area contributed by atoms with Gasteiger partial charge in [0.2, 0.25) is 5.91 Å².